The lowest BCUT2D eigenvalue weighted by Gasteiger charge is -2.27. The van der Waals surface area contributed by atoms with E-state index in [0.717, 1.165) is 38.6 Å². The summed E-state index contributed by atoms with van der Waals surface area (Å²) in [4.78, 5) is 14.1. The Balaban J connectivity index is 1.85. The number of halogens is 1. The molecule has 1 heterocycles. The van der Waals surface area contributed by atoms with Crippen molar-refractivity contribution in [2.24, 2.45) is 0 Å². The molecular weight excluding hydrogens is 295 g/mol. The quantitative estimate of drug-likeness (QED) is 0.753. The zero-order valence-corrected chi connectivity index (χ0v) is 13.8. The Morgan fingerprint density at radius 2 is 2.13 bits per heavy atom. The van der Waals surface area contributed by atoms with Gasteiger partial charge in [-0.25, -0.2) is 9.18 Å². The standard InChI is InChI=1S/C18H27FN2O2/c1-2-3-4-11-20-18(23)21-12-5-6-16(21)13-17(22)14-7-9-15(19)10-8-14/h7-10,16-17,22H,2-6,11-13H2,1H3,(H,20,23). The van der Waals surface area contributed by atoms with Crippen LogP contribution in [0.25, 0.3) is 0 Å². The Morgan fingerprint density at radius 3 is 2.83 bits per heavy atom. The van der Waals surface area contributed by atoms with Gasteiger partial charge in [-0.15, -0.1) is 0 Å². The van der Waals surface area contributed by atoms with Gasteiger partial charge in [0.2, 0.25) is 0 Å². The smallest absolute Gasteiger partial charge is 0.317 e. The summed E-state index contributed by atoms with van der Waals surface area (Å²) in [5.74, 6) is -0.310. The van der Waals surface area contributed by atoms with E-state index in [2.05, 4.69) is 12.2 Å². The van der Waals surface area contributed by atoms with Gasteiger partial charge in [0.25, 0.3) is 0 Å². The van der Waals surface area contributed by atoms with E-state index in [-0.39, 0.29) is 17.9 Å². The lowest BCUT2D eigenvalue weighted by Crippen LogP contribution is -2.43. The van der Waals surface area contributed by atoms with Crippen LogP contribution < -0.4 is 5.32 Å². The summed E-state index contributed by atoms with van der Waals surface area (Å²) in [6.07, 6.45) is 4.93. The largest absolute Gasteiger partial charge is 0.388 e. The minimum atomic E-state index is -0.672. The lowest BCUT2D eigenvalue weighted by molar-refractivity contribution is 0.126. The van der Waals surface area contributed by atoms with Gasteiger partial charge in [0.05, 0.1) is 6.10 Å². The Bertz CT molecular complexity index is 492. The molecule has 128 valence electrons. The summed E-state index contributed by atoms with van der Waals surface area (Å²) in [5, 5.41) is 13.3. The van der Waals surface area contributed by atoms with Crippen molar-refractivity contribution in [1.82, 2.24) is 10.2 Å². The number of carbonyl (C=O) groups is 1. The third-order valence-corrected chi connectivity index (χ3v) is 4.44. The molecular formula is C18H27FN2O2. The van der Waals surface area contributed by atoms with Crippen LogP contribution in [0.2, 0.25) is 0 Å². The Kier molecular flexibility index (Phi) is 6.84. The number of likely N-dealkylation sites (tertiary alicyclic amines) is 1. The number of nitrogens with one attached hydrogen (secondary N) is 1. The first-order valence-corrected chi connectivity index (χ1v) is 8.59. The summed E-state index contributed by atoms with van der Waals surface area (Å²) in [6.45, 7) is 3.58. The van der Waals surface area contributed by atoms with E-state index in [9.17, 15) is 14.3 Å². The summed E-state index contributed by atoms with van der Waals surface area (Å²) in [6, 6.07) is 5.92. The maximum Gasteiger partial charge on any atom is 0.317 e. The van der Waals surface area contributed by atoms with Crippen LogP contribution in [0, 0.1) is 5.82 Å². The van der Waals surface area contributed by atoms with Crippen LogP contribution in [0.3, 0.4) is 0 Å². The van der Waals surface area contributed by atoms with Crippen molar-refractivity contribution in [3.05, 3.63) is 35.6 Å². The lowest BCUT2D eigenvalue weighted by atomic mass is 10.0. The molecule has 1 aliphatic rings. The highest BCUT2D eigenvalue weighted by Crippen LogP contribution is 2.27. The second kappa shape index (κ2) is 8.87. The van der Waals surface area contributed by atoms with Crippen molar-refractivity contribution >= 4 is 6.03 Å². The van der Waals surface area contributed by atoms with E-state index in [4.69, 9.17) is 0 Å². The topological polar surface area (TPSA) is 52.6 Å². The summed E-state index contributed by atoms with van der Waals surface area (Å²) >= 11 is 0. The van der Waals surface area contributed by atoms with E-state index < -0.39 is 6.10 Å². The average Bonchev–Trinajstić information content (AvgIpc) is 3.00. The van der Waals surface area contributed by atoms with Crippen molar-refractivity contribution in [3.63, 3.8) is 0 Å². The number of unbranched alkanes of at least 4 members (excludes halogenated alkanes) is 2. The van der Waals surface area contributed by atoms with Gasteiger partial charge >= 0.3 is 6.03 Å². The number of urea groups is 1. The number of aliphatic hydroxyl groups is 1. The number of carbonyl (C=O) groups excluding carboxylic acids is 1. The third kappa shape index (κ3) is 5.20. The number of hydrogen-bond donors (Lipinski definition) is 2. The summed E-state index contributed by atoms with van der Waals surface area (Å²) < 4.78 is 13.0. The van der Waals surface area contributed by atoms with Crippen LogP contribution in [0.5, 0.6) is 0 Å². The van der Waals surface area contributed by atoms with E-state index in [1.165, 1.54) is 12.1 Å². The maximum atomic E-state index is 13.0. The molecule has 1 saturated heterocycles. The molecule has 4 nitrogen and oxygen atoms in total. The van der Waals surface area contributed by atoms with Gasteiger partial charge in [-0.2, -0.15) is 0 Å². The average molecular weight is 322 g/mol. The number of rotatable bonds is 7. The van der Waals surface area contributed by atoms with Crippen molar-refractivity contribution in [2.45, 2.75) is 57.6 Å². The molecule has 2 rings (SSSR count). The highest BCUT2D eigenvalue weighted by Gasteiger charge is 2.30. The minimum Gasteiger partial charge on any atom is -0.388 e. The Morgan fingerprint density at radius 1 is 1.39 bits per heavy atom. The van der Waals surface area contributed by atoms with Gasteiger partial charge in [0.1, 0.15) is 5.82 Å². The minimum absolute atomic E-state index is 0.0325. The van der Waals surface area contributed by atoms with Crippen molar-refractivity contribution in [3.8, 4) is 0 Å². The van der Waals surface area contributed by atoms with Crippen molar-refractivity contribution in [1.29, 1.82) is 0 Å². The van der Waals surface area contributed by atoms with E-state index >= 15 is 0 Å². The van der Waals surface area contributed by atoms with Crippen LogP contribution in [-0.2, 0) is 0 Å². The fourth-order valence-corrected chi connectivity index (χ4v) is 3.10. The molecule has 5 heteroatoms. The molecule has 0 radical (unpaired) electrons. The second-order valence-electron chi connectivity index (χ2n) is 6.23. The molecule has 1 aromatic carbocycles. The van der Waals surface area contributed by atoms with E-state index in [1.54, 1.807) is 12.1 Å². The molecule has 0 bridgehead atoms. The first-order chi connectivity index (χ1) is 11.1. The molecule has 0 aromatic heterocycles. The molecule has 0 saturated carbocycles. The molecule has 1 aromatic rings. The number of amides is 2. The van der Waals surface area contributed by atoms with Crippen molar-refractivity contribution in [2.75, 3.05) is 13.1 Å². The first-order valence-electron chi connectivity index (χ1n) is 8.59. The van der Waals surface area contributed by atoms with Gasteiger partial charge in [-0.1, -0.05) is 31.9 Å². The predicted molar refractivity (Wildman–Crippen MR) is 88.6 cm³/mol. The highest BCUT2D eigenvalue weighted by molar-refractivity contribution is 5.74. The molecule has 1 aliphatic heterocycles. The molecule has 2 amide bonds. The van der Waals surface area contributed by atoms with Crippen molar-refractivity contribution < 1.29 is 14.3 Å². The second-order valence-corrected chi connectivity index (χ2v) is 6.23. The molecule has 2 unspecified atom stereocenters. The SMILES string of the molecule is CCCCCNC(=O)N1CCCC1CC(O)c1ccc(F)cc1. The molecule has 0 aliphatic carbocycles. The van der Waals surface area contributed by atoms with E-state index in [1.807, 2.05) is 4.90 Å². The zero-order valence-electron chi connectivity index (χ0n) is 13.8. The van der Waals surface area contributed by atoms with Gasteiger partial charge in [-0.05, 0) is 43.4 Å². The zero-order chi connectivity index (χ0) is 16.7. The molecule has 23 heavy (non-hydrogen) atoms. The molecule has 1 fully saturated rings. The molecule has 2 N–H and O–H groups in total. The fourth-order valence-electron chi connectivity index (χ4n) is 3.10. The number of hydrogen-bond acceptors (Lipinski definition) is 2. The van der Waals surface area contributed by atoms with Gasteiger partial charge in [-0.3, -0.25) is 0 Å². The summed E-state index contributed by atoms with van der Waals surface area (Å²) in [7, 11) is 0. The van der Waals surface area contributed by atoms with Crippen LogP contribution in [0.15, 0.2) is 24.3 Å². The van der Waals surface area contributed by atoms with E-state index in [0.29, 0.717) is 18.5 Å². The van der Waals surface area contributed by atoms with Crippen LogP contribution in [-0.4, -0.2) is 35.2 Å². The Labute approximate surface area is 137 Å². The molecule has 0 spiro atoms. The fraction of sp³-hybridized carbons (Fsp3) is 0.611. The Hall–Kier alpha value is -1.62. The maximum absolute atomic E-state index is 13.0. The van der Waals surface area contributed by atoms with Crippen LogP contribution in [0.1, 0.15) is 57.1 Å². The van der Waals surface area contributed by atoms with Crippen LogP contribution >= 0.6 is 0 Å². The third-order valence-electron chi connectivity index (χ3n) is 4.44. The monoisotopic (exact) mass is 322 g/mol. The molecule has 2 atom stereocenters. The normalized spacial score (nSPS) is 18.9. The van der Waals surface area contributed by atoms with Gasteiger partial charge < -0.3 is 15.3 Å². The number of aliphatic hydroxyl groups excluding tert-OH is 1. The number of benzene rings is 1. The highest BCUT2D eigenvalue weighted by atomic mass is 19.1. The first kappa shape index (κ1) is 17.7. The van der Waals surface area contributed by atoms with Gasteiger partial charge in [0, 0.05) is 19.1 Å². The van der Waals surface area contributed by atoms with Crippen LogP contribution in [0.4, 0.5) is 9.18 Å². The predicted octanol–water partition coefficient (Wildman–Crippen LogP) is 3.61. The number of nitrogens with zero attached hydrogens (tertiary/aromatic N) is 1. The van der Waals surface area contributed by atoms with Gasteiger partial charge in [0.15, 0.2) is 0 Å². The summed E-state index contributed by atoms with van der Waals surface area (Å²) in [5.41, 5.74) is 0.696.